The minimum Gasteiger partial charge on any atom is -0.423 e. The number of nitrogens with two attached hydrogens (primary N) is 1. The molecule has 0 unspecified atom stereocenters. The standard InChI is InChI=1S/C16H20BNO2/c1-16(2,3)13-9-5-4-7-11(13)12-8-6-10-14(15(12)18)17(19)20/h4-10,19-20H,18H2,1-3H3. The van der Waals surface area contributed by atoms with Crippen LogP contribution in [0.3, 0.4) is 0 Å². The molecule has 0 aromatic heterocycles. The summed E-state index contributed by atoms with van der Waals surface area (Å²) in [6, 6.07) is 13.4. The van der Waals surface area contributed by atoms with E-state index in [2.05, 4.69) is 26.8 Å². The number of nitrogen functional groups attached to an aromatic ring is 1. The average molecular weight is 269 g/mol. The van der Waals surface area contributed by atoms with Crippen LogP contribution in [0.25, 0.3) is 11.1 Å². The van der Waals surface area contributed by atoms with E-state index in [0.717, 1.165) is 11.1 Å². The number of rotatable bonds is 2. The Morgan fingerprint density at radius 3 is 2.10 bits per heavy atom. The fourth-order valence-corrected chi connectivity index (χ4v) is 2.42. The third-order valence-corrected chi connectivity index (χ3v) is 3.44. The van der Waals surface area contributed by atoms with Gasteiger partial charge in [-0.25, -0.2) is 0 Å². The first-order chi connectivity index (χ1) is 9.32. The van der Waals surface area contributed by atoms with E-state index in [0.29, 0.717) is 11.2 Å². The summed E-state index contributed by atoms with van der Waals surface area (Å²) < 4.78 is 0. The zero-order valence-electron chi connectivity index (χ0n) is 12.1. The second-order valence-electron chi connectivity index (χ2n) is 5.98. The van der Waals surface area contributed by atoms with Crippen LogP contribution >= 0.6 is 0 Å². The lowest BCUT2D eigenvalue weighted by Gasteiger charge is -2.24. The molecule has 0 heterocycles. The first-order valence-corrected chi connectivity index (χ1v) is 6.67. The lowest BCUT2D eigenvalue weighted by atomic mass is 9.75. The Bertz CT molecular complexity index is 618. The van der Waals surface area contributed by atoms with Crippen LogP contribution in [0.1, 0.15) is 26.3 Å². The summed E-state index contributed by atoms with van der Waals surface area (Å²) in [4.78, 5) is 0. The summed E-state index contributed by atoms with van der Waals surface area (Å²) in [5.41, 5.74) is 9.89. The van der Waals surface area contributed by atoms with Crippen molar-refractivity contribution >= 4 is 18.3 Å². The molecule has 104 valence electrons. The summed E-state index contributed by atoms with van der Waals surface area (Å²) in [6.07, 6.45) is 0. The molecule has 20 heavy (non-hydrogen) atoms. The molecule has 4 heteroatoms. The largest absolute Gasteiger partial charge is 0.490 e. The van der Waals surface area contributed by atoms with Gasteiger partial charge in [-0.15, -0.1) is 0 Å². The molecular weight excluding hydrogens is 249 g/mol. The van der Waals surface area contributed by atoms with Gasteiger partial charge in [-0.3, -0.25) is 0 Å². The van der Waals surface area contributed by atoms with E-state index in [1.165, 1.54) is 5.56 Å². The summed E-state index contributed by atoms with van der Waals surface area (Å²) in [7, 11) is -1.56. The Kier molecular flexibility index (Phi) is 3.88. The van der Waals surface area contributed by atoms with Crippen molar-refractivity contribution in [2.45, 2.75) is 26.2 Å². The van der Waals surface area contributed by atoms with Crippen LogP contribution in [0.4, 0.5) is 5.69 Å². The number of anilines is 1. The molecule has 2 aromatic carbocycles. The second kappa shape index (κ2) is 5.31. The molecule has 2 rings (SSSR count). The van der Waals surface area contributed by atoms with E-state index in [1.807, 2.05) is 24.3 Å². The molecule has 0 amide bonds. The first-order valence-electron chi connectivity index (χ1n) is 6.67. The van der Waals surface area contributed by atoms with Gasteiger partial charge in [0, 0.05) is 16.7 Å². The summed E-state index contributed by atoms with van der Waals surface area (Å²) in [6.45, 7) is 6.44. The SMILES string of the molecule is CC(C)(C)c1ccccc1-c1cccc(B(O)O)c1N. The monoisotopic (exact) mass is 269 g/mol. The summed E-state index contributed by atoms with van der Waals surface area (Å²) in [5.74, 6) is 0. The van der Waals surface area contributed by atoms with Gasteiger partial charge < -0.3 is 15.8 Å². The zero-order chi connectivity index (χ0) is 14.9. The van der Waals surface area contributed by atoms with Gasteiger partial charge in [-0.1, -0.05) is 63.2 Å². The van der Waals surface area contributed by atoms with Crippen LogP contribution < -0.4 is 11.2 Å². The maximum Gasteiger partial charge on any atom is 0.490 e. The molecular formula is C16H20BNO2. The number of hydrogen-bond acceptors (Lipinski definition) is 3. The highest BCUT2D eigenvalue weighted by Gasteiger charge is 2.22. The minimum atomic E-state index is -1.56. The molecule has 2 aromatic rings. The van der Waals surface area contributed by atoms with Crippen molar-refractivity contribution in [2.24, 2.45) is 0 Å². The quantitative estimate of drug-likeness (QED) is 0.576. The Balaban J connectivity index is 2.67. The molecule has 0 aliphatic heterocycles. The van der Waals surface area contributed by atoms with Crippen LogP contribution in [0, 0.1) is 0 Å². The predicted octanol–water partition coefficient (Wildman–Crippen LogP) is 1.91. The van der Waals surface area contributed by atoms with Gasteiger partial charge in [0.2, 0.25) is 0 Å². The maximum absolute atomic E-state index is 9.38. The van der Waals surface area contributed by atoms with E-state index < -0.39 is 7.12 Å². The molecule has 0 saturated heterocycles. The molecule has 0 atom stereocenters. The number of hydrogen-bond donors (Lipinski definition) is 3. The Labute approximate surface area is 120 Å². The topological polar surface area (TPSA) is 66.5 Å². The first kappa shape index (κ1) is 14.6. The van der Waals surface area contributed by atoms with E-state index >= 15 is 0 Å². The fraction of sp³-hybridized carbons (Fsp3) is 0.250. The van der Waals surface area contributed by atoms with Crippen molar-refractivity contribution in [3.8, 4) is 11.1 Å². The van der Waals surface area contributed by atoms with Crippen molar-refractivity contribution in [3.05, 3.63) is 48.0 Å². The highest BCUT2D eigenvalue weighted by atomic mass is 16.4. The summed E-state index contributed by atoms with van der Waals surface area (Å²) >= 11 is 0. The van der Waals surface area contributed by atoms with E-state index in [-0.39, 0.29) is 5.41 Å². The van der Waals surface area contributed by atoms with Crippen LogP contribution in [0.2, 0.25) is 0 Å². The van der Waals surface area contributed by atoms with Gasteiger partial charge in [0.1, 0.15) is 0 Å². The maximum atomic E-state index is 9.38. The second-order valence-corrected chi connectivity index (χ2v) is 5.98. The van der Waals surface area contributed by atoms with E-state index in [9.17, 15) is 10.0 Å². The molecule has 0 spiro atoms. The van der Waals surface area contributed by atoms with E-state index in [1.54, 1.807) is 12.1 Å². The van der Waals surface area contributed by atoms with Crippen molar-refractivity contribution in [3.63, 3.8) is 0 Å². The molecule has 3 nitrogen and oxygen atoms in total. The Morgan fingerprint density at radius 1 is 0.900 bits per heavy atom. The molecule has 0 bridgehead atoms. The van der Waals surface area contributed by atoms with Crippen LogP contribution in [0.15, 0.2) is 42.5 Å². The van der Waals surface area contributed by atoms with Gasteiger partial charge in [-0.2, -0.15) is 0 Å². The average Bonchev–Trinajstić information content (AvgIpc) is 2.37. The predicted molar refractivity (Wildman–Crippen MR) is 84.8 cm³/mol. The Morgan fingerprint density at radius 2 is 1.50 bits per heavy atom. The van der Waals surface area contributed by atoms with Gasteiger partial charge >= 0.3 is 7.12 Å². The minimum absolute atomic E-state index is 0.0170. The highest BCUT2D eigenvalue weighted by molar-refractivity contribution is 6.60. The molecule has 0 aliphatic rings. The molecule has 0 saturated carbocycles. The highest BCUT2D eigenvalue weighted by Crippen LogP contribution is 2.34. The lowest BCUT2D eigenvalue weighted by Crippen LogP contribution is -2.32. The van der Waals surface area contributed by atoms with Crippen LogP contribution in [-0.2, 0) is 5.41 Å². The van der Waals surface area contributed by atoms with Gasteiger partial charge in [0.15, 0.2) is 0 Å². The molecule has 4 N–H and O–H groups in total. The van der Waals surface area contributed by atoms with Crippen LogP contribution in [0.5, 0.6) is 0 Å². The molecule has 0 radical (unpaired) electrons. The third-order valence-electron chi connectivity index (χ3n) is 3.44. The normalized spacial score (nSPS) is 11.4. The van der Waals surface area contributed by atoms with Crippen LogP contribution in [-0.4, -0.2) is 17.2 Å². The summed E-state index contributed by atoms with van der Waals surface area (Å²) in [5, 5.41) is 18.8. The fourth-order valence-electron chi connectivity index (χ4n) is 2.42. The Hall–Kier alpha value is -1.78. The lowest BCUT2D eigenvalue weighted by molar-refractivity contribution is 0.426. The van der Waals surface area contributed by atoms with Gasteiger partial charge in [-0.05, 0) is 16.5 Å². The van der Waals surface area contributed by atoms with E-state index in [4.69, 9.17) is 5.73 Å². The van der Waals surface area contributed by atoms with Gasteiger partial charge in [0.25, 0.3) is 0 Å². The van der Waals surface area contributed by atoms with Crippen molar-refractivity contribution in [1.82, 2.24) is 0 Å². The smallest absolute Gasteiger partial charge is 0.423 e. The van der Waals surface area contributed by atoms with Gasteiger partial charge in [0.05, 0.1) is 0 Å². The molecule has 0 aliphatic carbocycles. The van der Waals surface area contributed by atoms with Crippen molar-refractivity contribution < 1.29 is 10.0 Å². The zero-order valence-corrected chi connectivity index (χ0v) is 12.1. The molecule has 0 fully saturated rings. The van der Waals surface area contributed by atoms with Crippen molar-refractivity contribution in [1.29, 1.82) is 0 Å². The number of benzene rings is 2. The number of para-hydroxylation sites is 1. The third kappa shape index (κ3) is 2.71. The van der Waals surface area contributed by atoms with Crippen molar-refractivity contribution in [2.75, 3.05) is 5.73 Å².